The highest BCUT2D eigenvalue weighted by molar-refractivity contribution is 5.92. The van der Waals surface area contributed by atoms with Crippen LogP contribution in [0.4, 0.5) is 0 Å². The van der Waals surface area contributed by atoms with Crippen molar-refractivity contribution in [3.63, 3.8) is 0 Å². The molecule has 1 N–H and O–H groups in total. The maximum Gasteiger partial charge on any atom is 0.273 e. The second-order valence-electron chi connectivity index (χ2n) is 4.06. The van der Waals surface area contributed by atoms with Crippen LogP contribution in [0.5, 0.6) is 0 Å². The van der Waals surface area contributed by atoms with E-state index in [1.807, 2.05) is 0 Å². The largest absolute Gasteiger partial charge is 0.448 e. The van der Waals surface area contributed by atoms with Crippen molar-refractivity contribution in [2.45, 2.75) is 45.1 Å². The number of hydrogen-bond acceptors (Lipinski definition) is 3. The van der Waals surface area contributed by atoms with Crippen molar-refractivity contribution in [3.05, 3.63) is 17.8 Å². The highest BCUT2D eigenvalue weighted by Crippen LogP contribution is 2.17. The van der Waals surface area contributed by atoms with Crippen molar-refractivity contribution in [1.29, 1.82) is 0 Å². The van der Waals surface area contributed by atoms with E-state index in [2.05, 4.69) is 10.3 Å². The molecule has 4 heteroatoms. The lowest BCUT2D eigenvalue weighted by Gasteiger charge is -2.22. The lowest BCUT2D eigenvalue weighted by molar-refractivity contribution is 0.0922. The number of hydrogen-bond donors (Lipinski definition) is 1. The third kappa shape index (κ3) is 2.58. The fraction of sp³-hybridized carbons (Fsp3) is 0.636. The molecule has 0 bridgehead atoms. The first kappa shape index (κ1) is 10.2. The Balaban J connectivity index is 1.91. The molecule has 0 atom stereocenters. The summed E-state index contributed by atoms with van der Waals surface area (Å²) >= 11 is 0. The van der Waals surface area contributed by atoms with Gasteiger partial charge >= 0.3 is 0 Å². The molecule has 0 unspecified atom stereocenters. The van der Waals surface area contributed by atoms with Gasteiger partial charge in [-0.1, -0.05) is 19.3 Å². The van der Waals surface area contributed by atoms with Crippen LogP contribution in [0.25, 0.3) is 0 Å². The molecule has 0 radical (unpaired) electrons. The molecule has 1 aromatic rings. The van der Waals surface area contributed by atoms with Gasteiger partial charge in [-0.25, -0.2) is 4.98 Å². The van der Waals surface area contributed by atoms with E-state index < -0.39 is 0 Å². The molecule has 0 aromatic carbocycles. The van der Waals surface area contributed by atoms with Crippen LogP contribution in [0.2, 0.25) is 0 Å². The number of nitrogens with one attached hydrogen (secondary N) is 1. The van der Waals surface area contributed by atoms with Crippen molar-refractivity contribution < 1.29 is 9.21 Å². The second-order valence-corrected chi connectivity index (χ2v) is 4.06. The molecule has 0 spiro atoms. The van der Waals surface area contributed by atoms with Gasteiger partial charge in [0.2, 0.25) is 0 Å². The molecule has 4 nitrogen and oxygen atoms in total. The van der Waals surface area contributed by atoms with Crippen LogP contribution in [0, 0.1) is 6.92 Å². The summed E-state index contributed by atoms with van der Waals surface area (Å²) in [5.74, 6) is 0.419. The van der Waals surface area contributed by atoms with Gasteiger partial charge in [-0.2, -0.15) is 0 Å². The maximum atomic E-state index is 11.7. The van der Waals surface area contributed by atoms with Gasteiger partial charge in [-0.3, -0.25) is 4.79 Å². The molecule has 2 rings (SSSR count). The van der Waals surface area contributed by atoms with Gasteiger partial charge in [0.1, 0.15) is 6.26 Å². The van der Waals surface area contributed by atoms with E-state index in [1.54, 1.807) is 6.92 Å². The minimum Gasteiger partial charge on any atom is -0.448 e. The van der Waals surface area contributed by atoms with Gasteiger partial charge in [0.25, 0.3) is 5.91 Å². The van der Waals surface area contributed by atoms with E-state index in [4.69, 9.17) is 4.42 Å². The highest BCUT2D eigenvalue weighted by Gasteiger charge is 2.18. The zero-order valence-electron chi connectivity index (χ0n) is 8.95. The van der Waals surface area contributed by atoms with E-state index in [0.29, 0.717) is 17.6 Å². The normalized spacial score (nSPS) is 17.7. The summed E-state index contributed by atoms with van der Waals surface area (Å²) in [7, 11) is 0. The first-order valence-electron chi connectivity index (χ1n) is 5.49. The monoisotopic (exact) mass is 208 g/mol. The number of aromatic nitrogens is 1. The minimum atomic E-state index is -0.112. The zero-order chi connectivity index (χ0) is 10.7. The van der Waals surface area contributed by atoms with Crippen molar-refractivity contribution in [1.82, 2.24) is 10.3 Å². The molecular weight excluding hydrogens is 192 g/mol. The molecular formula is C11H16N2O2. The topological polar surface area (TPSA) is 55.1 Å². The number of carbonyl (C=O) groups excluding carboxylic acids is 1. The zero-order valence-corrected chi connectivity index (χ0v) is 8.95. The highest BCUT2D eigenvalue weighted by atomic mass is 16.3. The van der Waals surface area contributed by atoms with Gasteiger partial charge in [0.05, 0.1) is 0 Å². The predicted molar refractivity (Wildman–Crippen MR) is 55.6 cm³/mol. The van der Waals surface area contributed by atoms with Gasteiger partial charge in [-0.15, -0.1) is 0 Å². The maximum absolute atomic E-state index is 11.7. The molecule has 1 amide bonds. The Labute approximate surface area is 89.1 Å². The number of oxazole rings is 1. The average molecular weight is 208 g/mol. The van der Waals surface area contributed by atoms with Crippen LogP contribution in [0.15, 0.2) is 10.7 Å². The van der Waals surface area contributed by atoms with Crippen LogP contribution in [0.1, 0.15) is 48.5 Å². The van der Waals surface area contributed by atoms with E-state index in [1.165, 1.54) is 25.5 Å². The molecule has 0 aliphatic heterocycles. The molecule has 0 saturated heterocycles. The summed E-state index contributed by atoms with van der Waals surface area (Å²) in [6.45, 7) is 1.73. The van der Waals surface area contributed by atoms with Crippen LogP contribution < -0.4 is 5.32 Å². The van der Waals surface area contributed by atoms with Crippen molar-refractivity contribution in [2.24, 2.45) is 0 Å². The molecule has 1 aromatic heterocycles. The number of rotatable bonds is 2. The molecule has 15 heavy (non-hydrogen) atoms. The van der Waals surface area contributed by atoms with Crippen LogP contribution in [-0.2, 0) is 0 Å². The predicted octanol–water partition coefficient (Wildman–Crippen LogP) is 2.05. The SMILES string of the molecule is Cc1nc(C(=O)NC2CCCCC2)co1. The Kier molecular flexibility index (Phi) is 3.04. The van der Waals surface area contributed by atoms with E-state index >= 15 is 0 Å². The molecule has 1 aliphatic rings. The third-order valence-corrected chi connectivity index (χ3v) is 2.79. The van der Waals surface area contributed by atoms with E-state index in [0.717, 1.165) is 12.8 Å². The van der Waals surface area contributed by atoms with Gasteiger partial charge < -0.3 is 9.73 Å². The van der Waals surface area contributed by atoms with Crippen molar-refractivity contribution in [2.75, 3.05) is 0 Å². The molecule has 82 valence electrons. The summed E-state index contributed by atoms with van der Waals surface area (Å²) in [6, 6.07) is 0.322. The van der Waals surface area contributed by atoms with Gasteiger partial charge in [-0.05, 0) is 12.8 Å². The van der Waals surface area contributed by atoms with Gasteiger partial charge in [0.15, 0.2) is 11.6 Å². The first-order chi connectivity index (χ1) is 7.25. The fourth-order valence-corrected chi connectivity index (χ4v) is 1.97. The minimum absolute atomic E-state index is 0.112. The van der Waals surface area contributed by atoms with Crippen molar-refractivity contribution >= 4 is 5.91 Å². The standard InChI is InChI=1S/C11H16N2O2/c1-8-12-10(7-15-8)11(14)13-9-5-3-2-4-6-9/h7,9H,2-6H2,1H3,(H,13,14). The van der Waals surface area contributed by atoms with E-state index in [-0.39, 0.29) is 5.91 Å². The number of carbonyl (C=O) groups is 1. The van der Waals surface area contributed by atoms with Crippen LogP contribution in [0.3, 0.4) is 0 Å². The van der Waals surface area contributed by atoms with Crippen LogP contribution in [-0.4, -0.2) is 16.9 Å². The Morgan fingerprint density at radius 1 is 1.47 bits per heavy atom. The number of nitrogens with zero attached hydrogens (tertiary/aromatic N) is 1. The Bertz CT molecular complexity index is 340. The number of aryl methyl sites for hydroxylation is 1. The lowest BCUT2D eigenvalue weighted by Crippen LogP contribution is -2.36. The van der Waals surface area contributed by atoms with Crippen molar-refractivity contribution in [3.8, 4) is 0 Å². The molecule has 1 heterocycles. The summed E-state index contributed by atoms with van der Waals surface area (Å²) in [5.41, 5.74) is 0.387. The summed E-state index contributed by atoms with van der Waals surface area (Å²) < 4.78 is 5.00. The quantitative estimate of drug-likeness (QED) is 0.809. The number of amides is 1. The average Bonchev–Trinajstić information content (AvgIpc) is 2.66. The summed E-state index contributed by atoms with van der Waals surface area (Å²) in [5, 5.41) is 2.99. The molecule has 1 fully saturated rings. The fourth-order valence-electron chi connectivity index (χ4n) is 1.97. The Hall–Kier alpha value is -1.32. The lowest BCUT2D eigenvalue weighted by atomic mass is 9.95. The van der Waals surface area contributed by atoms with E-state index in [9.17, 15) is 4.79 Å². The smallest absolute Gasteiger partial charge is 0.273 e. The molecule has 1 saturated carbocycles. The Morgan fingerprint density at radius 2 is 2.20 bits per heavy atom. The summed E-state index contributed by atoms with van der Waals surface area (Å²) in [4.78, 5) is 15.7. The first-order valence-corrected chi connectivity index (χ1v) is 5.49. The summed E-state index contributed by atoms with van der Waals surface area (Å²) in [6.07, 6.45) is 7.29. The Morgan fingerprint density at radius 3 is 2.80 bits per heavy atom. The second kappa shape index (κ2) is 4.47. The molecule has 1 aliphatic carbocycles. The third-order valence-electron chi connectivity index (χ3n) is 2.79. The van der Waals surface area contributed by atoms with Gasteiger partial charge in [0, 0.05) is 13.0 Å². The van der Waals surface area contributed by atoms with Crippen LogP contribution >= 0.6 is 0 Å².